The van der Waals surface area contributed by atoms with E-state index in [4.69, 9.17) is 46.4 Å². The molecule has 0 spiro atoms. The number of carbonyl (C=O) groups excluding carboxylic acids is 1. The number of amides is 1. The van der Waals surface area contributed by atoms with Gasteiger partial charge >= 0.3 is 0 Å². The van der Waals surface area contributed by atoms with E-state index in [1.807, 2.05) is 0 Å². The number of carbonyl (C=O) groups is 1. The van der Waals surface area contributed by atoms with Crippen LogP contribution in [0.15, 0.2) is 48.5 Å². The van der Waals surface area contributed by atoms with E-state index in [2.05, 4.69) is 10.6 Å². The van der Waals surface area contributed by atoms with Gasteiger partial charge in [0.05, 0.1) is 4.92 Å². The Morgan fingerprint density at radius 1 is 1.12 bits per heavy atom. The highest BCUT2D eigenvalue weighted by atomic mass is 35.6. The van der Waals surface area contributed by atoms with E-state index in [1.165, 1.54) is 18.2 Å². The van der Waals surface area contributed by atoms with Crippen molar-refractivity contribution in [2.24, 2.45) is 0 Å². The number of nitro benzene ring substituents is 1. The molecule has 0 aliphatic rings. The second kappa shape index (κ2) is 8.10. The standard InChI is InChI=1S/C15H11Cl4N3O3/c16-10-4-2-5-11(8-10)20-14(15(17,18)19)21-13(23)9-3-1-6-12(7-9)22(24)25/h1-8,14,20H,(H,21,23). The molecule has 6 nitrogen and oxygen atoms in total. The Morgan fingerprint density at radius 3 is 2.40 bits per heavy atom. The Kier molecular flexibility index (Phi) is 6.35. The number of halogens is 4. The van der Waals surface area contributed by atoms with Gasteiger partial charge in [-0.25, -0.2) is 0 Å². The van der Waals surface area contributed by atoms with Gasteiger partial charge in [-0.3, -0.25) is 14.9 Å². The van der Waals surface area contributed by atoms with Crippen molar-refractivity contribution in [1.82, 2.24) is 5.32 Å². The highest BCUT2D eigenvalue weighted by molar-refractivity contribution is 6.68. The molecule has 1 unspecified atom stereocenters. The van der Waals surface area contributed by atoms with Gasteiger partial charge in [-0.1, -0.05) is 58.5 Å². The van der Waals surface area contributed by atoms with Gasteiger partial charge in [0.15, 0.2) is 0 Å². The number of non-ortho nitro benzene ring substituents is 1. The lowest BCUT2D eigenvalue weighted by Crippen LogP contribution is -2.49. The highest BCUT2D eigenvalue weighted by Crippen LogP contribution is 2.31. The summed E-state index contributed by atoms with van der Waals surface area (Å²) >= 11 is 23.6. The van der Waals surface area contributed by atoms with E-state index in [1.54, 1.807) is 24.3 Å². The fraction of sp³-hybridized carbons (Fsp3) is 0.133. The Morgan fingerprint density at radius 2 is 1.80 bits per heavy atom. The molecule has 2 N–H and O–H groups in total. The Bertz CT molecular complexity index is 796. The Balaban J connectivity index is 2.21. The normalized spacial score (nSPS) is 12.3. The highest BCUT2D eigenvalue weighted by Gasteiger charge is 2.34. The van der Waals surface area contributed by atoms with E-state index in [-0.39, 0.29) is 11.3 Å². The van der Waals surface area contributed by atoms with Crippen LogP contribution in [0.1, 0.15) is 10.4 Å². The number of rotatable bonds is 5. The monoisotopic (exact) mass is 421 g/mol. The second-order valence-corrected chi connectivity index (χ2v) is 7.72. The fourth-order valence-electron chi connectivity index (χ4n) is 1.92. The van der Waals surface area contributed by atoms with E-state index in [0.717, 1.165) is 6.07 Å². The summed E-state index contributed by atoms with van der Waals surface area (Å²) in [4.78, 5) is 22.6. The van der Waals surface area contributed by atoms with Crippen LogP contribution in [0.4, 0.5) is 11.4 Å². The van der Waals surface area contributed by atoms with Crippen molar-refractivity contribution >= 4 is 63.7 Å². The van der Waals surface area contributed by atoms with Gasteiger partial charge in [-0.05, 0) is 24.3 Å². The summed E-state index contributed by atoms with van der Waals surface area (Å²) in [6.07, 6.45) is -1.11. The van der Waals surface area contributed by atoms with E-state index >= 15 is 0 Å². The summed E-state index contributed by atoms with van der Waals surface area (Å²) in [5.74, 6) is -0.644. The smallest absolute Gasteiger partial charge is 0.270 e. The number of hydrogen-bond donors (Lipinski definition) is 2. The minimum atomic E-state index is -1.89. The van der Waals surface area contributed by atoms with Gasteiger partial charge < -0.3 is 10.6 Å². The summed E-state index contributed by atoms with van der Waals surface area (Å²) in [6, 6.07) is 11.8. The summed E-state index contributed by atoms with van der Waals surface area (Å²) in [5, 5.41) is 16.6. The van der Waals surface area contributed by atoms with Crippen molar-refractivity contribution in [3.8, 4) is 0 Å². The molecule has 0 bridgehead atoms. The Labute approximate surface area is 163 Å². The molecule has 2 aromatic carbocycles. The molecular weight excluding hydrogens is 412 g/mol. The molecule has 2 rings (SSSR count). The lowest BCUT2D eigenvalue weighted by molar-refractivity contribution is -0.384. The molecule has 0 aliphatic carbocycles. The van der Waals surface area contributed by atoms with Gasteiger partial charge in [0.25, 0.3) is 11.6 Å². The third-order valence-electron chi connectivity index (χ3n) is 3.06. The topological polar surface area (TPSA) is 84.3 Å². The number of benzene rings is 2. The van der Waals surface area contributed by atoms with Crippen molar-refractivity contribution in [2.45, 2.75) is 9.96 Å². The number of anilines is 1. The van der Waals surface area contributed by atoms with Crippen LogP contribution >= 0.6 is 46.4 Å². The van der Waals surface area contributed by atoms with Crippen molar-refractivity contribution in [3.05, 3.63) is 69.2 Å². The molecule has 0 saturated carbocycles. The van der Waals surface area contributed by atoms with Crippen LogP contribution in [-0.4, -0.2) is 20.8 Å². The minimum absolute atomic E-state index is 0.0568. The lowest BCUT2D eigenvalue weighted by Gasteiger charge is -2.27. The van der Waals surface area contributed by atoms with E-state index in [9.17, 15) is 14.9 Å². The number of hydrogen-bond acceptors (Lipinski definition) is 4. The zero-order chi connectivity index (χ0) is 18.6. The zero-order valence-electron chi connectivity index (χ0n) is 12.4. The predicted octanol–water partition coefficient (Wildman–Crippen LogP) is 4.79. The van der Waals surface area contributed by atoms with E-state index in [0.29, 0.717) is 10.7 Å². The number of nitro groups is 1. The van der Waals surface area contributed by atoms with Gasteiger partial charge in [-0.15, -0.1) is 0 Å². The fourth-order valence-corrected chi connectivity index (χ4v) is 2.44. The molecule has 0 aromatic heterocycles. The molecular formula is C15H11Cl4N3O3. The van der Waals surface area contributed by atoms with Crippen molar-refractivity contribution < 1.29 is 9.72 Å². The van der Waals surface area contributed by atoms with Crippen LogP contribution in [0.5, 0.6) is 0 Å². The maximum absolute atomic E-state index is 12.4. The third-order valence-corrected chi connectivity index (χ3v) is 3.95. The van der Waals surface area contributed by atoms with Crippen LogP contribution in [0.25, 0.3) is 0 Å². The van der Waals surface area contributed by atoms with Gasteiger partial charge in [0.1, 0.15) is 6.17 Å². The van der Waals surface area contributed by atoms with Crippen molar-refractivity contribution in [2.75, 3.05) is 5.32 Å². The first-order valence-corrected chi connectivity index (χ1v) is 8.32. The van der Waals surface area contributed by atoms with Crippen LogP contribution in [0.2, 0.25) is 5.02 Å². The largest absolute Gasteiger partial charge is 0.362 e. The molecule has 25 heavy (non-hydrogen) atoms. The molecule has 2 aromatic rings. The van der Waals surface area contributed by atoms with Crippen LogP contribution < -0.4 is 10.6 Å². The average Bonchev–Trinajstić information content (AvgIpc) is 2.53. The zero-order valence-corrected chi connectivity index (χ0v) is 15.4. The second-order valence-electron chi connectivity index (χ2n) is 4.91. The minimum Gasteiger partial charge on any atom is -0.362 e. The lowest BCUT2D eigenvalue weighted by atomic mass is 10.2. The molecule has 0 heterocycles. The third kappa shape index (κ3) is 5.64. The first kappa shape index (κ1) is 19.6. The first-order valence-electron chi connectivity index (χ1n) is 6.81. The molecule has 0 saturated heterocycles. The summed E-state index contributed by atoms with van der Waals surface area (Å²) in [6.45, 7) is 0. The molecule has 1 atom stereocenters. The summed E-state index contributed by atoms with van der Waals surface area (Å²) in [5.41, 5.74) is 0.352. The molecule has 0 radical (unpaired) electrons. The first-order chi connectivity index (χ1) is 11.7. The van der Waals surface area contributed by atoms with Gasteiger partial charge in [0.2, 0.25) is 3.79 Å². The van der Waals surface area contributed by atoms with Crippen molar-refractivity contribution in [3.63, 3.8) is 0 Å². The molecule has 0 aliphatic heterocycles. The van der Waals surface area contributed by atoms with Crippen LogP contribution in [-0.2, 0) is 0 Å². The predicted molar refractivity (Wildman–Crippen MR) is 99.7 cm³/mol. The average molecular weight is 423 g/mol. The number of nitrogens with one attached hydrogen (secondary N) is 2. The van der Waals surface area contributed by atoms with Crippen molar-refractivity contribution in [1.29, 1.82) is 0 Å². The number of alkyl halides is 3. The van der Waals surface area contributed by atoms with Gasteiger partial charge in [0, 0.05) is 28.4 Å². The SMILES string of the molecule is O=C(NC(Nc1cccc(Cl)c1)C(Cl)(Cl)Cl)c1cccc([N+](=O)[O-])c1. The molecule has 0 fully saturated rings. The Hall–Kier alpha value is -1.73. The molecule has 132 valence electrons. The van der Waals surface area contributed by atoms with Crippen LogP contribution in [0.3, 0.4) is 0 Å². The van der Waals surface area contributed by atoms with E-state index < -0.39 is 20.8 Å². The molecule has 10 heteroatoms. The maximum atomic E-state index is 12.4. The summed E-state index contributed by atoms with van der Waals surface area (Å²) in [7, 11) is 0. The quantitative estimate of drug-likeness (QED) is 0.314. The molecule has 1 amide bonds. The van der Waals surface area contributed by atoms with Gasteiger partial charge in [-0.2, -0.15) is 0 Å². The maximum Gasteiger partial charge on any atom is 0.270 e. The summed E-state index contributed by atoms with van der Waals surface area (Å²) < 4.78 is -1.89. The van der Waals surface area contributed by atoms with Crippen LogP contribution in [0, 0.1) is 10.1 Å². The number of nitrogens with zero attached hydrogens (tertiary/aromatic N) is 1.